The molecule has 0 radical (unpaired) electrons. The second kappa shape index (κ2) is 6.50. The number of nitrogens with one attached hydrogen (secondary N) is 1. The van der Waals surface area contributed by atoms with Gasteiger partial charge in [0.1, 0.15) is 0 Å². The number of likely N-dealkylation sites (tertiary alicyclic amines) is 1. The van der Waals surface area contributed by atoms with Gasteiger partial charge in [0, 0.05) is 19.3 Å². The summed E-state index contributed by atoms with van der Waals surface area (Å²) in [6, 6.07) is 2.44. The quantitative estimate of drug-likeness (QED) is 0.816. The van der Waals surface area contributed by atoms with E-state index in [1.807, 2.05) is 7.05 Å². The molecule has 1 aromatic heterocycles. The lowest BCUT2D eigenvalue weighted by atomic mass is 9.99. The number of sulfonamides is 1. The van der Waals surface area contributed by atoms with Gasteiger partial charge >= 0.3 is 5.97 Å². The van der Waals surface area contributed by atoms with Gasteiger partial charge in [-0.1, -0.05) is 0 Å². The number of aromatic carboxylic acids is 1. The Bertz CT molecular complexity index is 600. The number of hydrogen-bond donors (Lipinski definition) is 2. The Kier molecular flexibility index (Phi) is 4.92. The number of carbonyl (C=O) groups is 1. The molecule has 116 valence electrons. The first-order chi connectivity index (χ1) is 9.88. The first kappa shape index (κ1) is 15.9. The molecular weight excluding hydrogens is 294 g/mol. The maximum Gasteiger partial charge on any atom is 0.337 e. The summed E-state index contributed by atoms with van der Waals surface area (Å²) in [7, 11) is -1.67. The predicted molar refractivity (Wildman–Crippen MR) is 76.6 cm³/mol. The molecule has 1 aliphatic rings. The smallest absolute Gasteiger partial charge is 0.337 e. The van der Waals surface area contributed by atoms with E-state index >= 15 is 0 Å². The minimum atomic E-state index is -3.69. The zero-order valence-corrected chi connectivity index (χ0v) is 12.6. The summed E-state index contributed by atoms with van der Waals surface area (Å²) < 4.78 is 26.8. The van der Waals surface area contributed by atoms with E-state index in [-0.39, 0.29) is 16.5 Å². The van der Waals surface area contributed by atoms with Gasteiger partial charge in [-0.15, -0.1) is 0 Å². The van der Waals surface area contributed by atoms with Crippen LogP contribution >= 0.6 is 0 Å². The SMILES string of the molecule is CN1CCCC(CNS(=O)(=O)c2ccc(C(=O)O)cn2)C1. The van der Waals surface area contributed by atoms with E-state index in [0.717, 1.165) is 32.1 Å². The van der Waals surface area contributed by atoms with Crippen LogP contribution in [0.5, 0.6) is 0 Å². The Balaban J connectivity index is 1.99. The van der Waals surface area contributed by atoms with E-state index in [0.29, 0.717) is 6.54 Å². The highest BCUT2D eigenvalue weighted by Gasteiger charge is 2.21. The lowest BCUT2D eigenvalue weighted by Crippen LogP contribution is -2.39. The van der Waals surface area contributed by atoms with E-state index in [2.05, 4.69) is 14.6 Å². The zero-order chi connectivity index (χ0) is 15.5. The second-order valence-corrected chi connectivity index (χ2v) is 7.03. The van der Waals surface area contributed by atoms with Crippen LogP contribution in [0, 0.1) is 5.92 Å². The average Bonchev–Trinajstić information content (AvgIpc) is 2.45. The number of carboxylic acids is 1. The van der Waals surface area contributed by atoms with E-state index in [4.69, 9.17) is 5.11 Å². The molecule has 0 spiro atoms. The van der Waals surface area contributed by atoms with E-state index in [1.165, 1.54) is 12.1 Å². The van der Waals surface area contributed by atoms with E-state index in [9.17, 15) is 13.2 Å². The summed E-state index contributed by atoms with van der Waals surface area (Å²) in [4.78, 5) is 16.6. The van der Waals surface area contributed by atoms with Crippen molar-refractivity contribution in [2.45, 2.75) is 17.9 Å². The highest BCUT2D eigenvalue weighted by Crippen LogP contribution is 2.15. The molecule has 0 aromatic carbocycles. The van der Waals surface area contributed by atoms with Crippen molar-refractivity contribution in [2.24, 2.45) is 5.92 Å². The summed E-state index contributed by atoms with van der Waals surface area (Å²) in [5.41, 5.74) is -0.0390. The van der Waals surface area contributed by atoms with Gasteiger partial charge in [-0.05, 0) is 44.5 Å². The van der Waals surface area contributed by atoms with Gasteiger partial charge < -0.3 is 10.0 Å². The minimum absolute atomic E-state index is 0.0390. The number of aromatic nitrogens is 1. The largest absolute Gasteiger partial charge is 0.478 e. The average molecular weight is 313 g/mol. The molecule has 2 N–H and O–H groups in total. The van der Waals surface area contributed by atoms with Crippen molar-refractivity contribution in [1.82, 2.24) is 14.6 Å². The lowest BCUT2D eigenvalue weighted by molar-refractivity contribution is 0.0696. The molecule has 0 bridgehead atoms. The fraction of sp³-hybridized carbons (Fsp3) is 0.538. The highest BCUT2D eigenvalue weighted by atomic mass is 32.2. The van der Waals surface area contributed by atoms with Gasteiger partial charge in [-0.2, -0.15) is 0 Å². The van der Waals surface area contributed by atoms with Crippen molar-refractivity contribution in [3.8, 4) is 0 Å². The Morgan fingerprint density at radius 3 is 2.86 bits per heavy atom. The van der Waals surface area contributed by atoms with Crippen LogP contribution in [-0.4, -0.2) is 56.1 Å². The molecule has 0 amide bonds. The highest BCUT2D eigenvalue weighted by molar-refractivity contribution is 7.89. The Morgan fingerprint density at radius 1 is 1.52 bits per heavy atom. The fourth-order valence-electron chi connectivity index (χ4n) is 2.41. The summed E-state index contributed by atoms with van der Waals surface area (Å²) in [6.45, 7) is 2.28. The van der Waals surface area contributed by atoms with Crippen LogP contribution in [0.3, 0.4) is 0 Å². The molecule has 2 rings (SSSR count). The van der Waals surface area contributed by atoms with Crippen molar-refractivity contribution in [3.63, 3.8) is 0 Å². The van der Waals surface area contributed by atoms with Crippen LogP contribution in [0.2, 0.25) is 0 Å². The number of nitrogens with zero attached hydrogens (tertiary/aromatic N) is 2. The molecular formula is C13H19N3O4S. The van der Waals surface area contributed by atoms with Gasteiger partial charge in [-0.25, -0.2) is 22.9 Å². The molecule has 0 saturated carbocycles. The molecule has 0 aliphatic carbocycles. The lowest BCUT2D eigenvalue weighted by Gasteiger charge is -2.29. The van der Waals surface area contributed by atoms with Crippen molar-refractivity contribution in [2.75, 3.05) is 26.7 Å². The van der Waals surface area contributed by atoms with Crippen molar-refractivity contribution < 1.29 is 18.3 Å². The zero-order valence-electron chi connectivity index (χ0n) is 11.8. The van der Waals surface area contributed by atoms with Crippen molar-refractivity contribution in [3.05, 3.63) is 23.9 Å². The molecule has 1 aromatic rings. The molecule has 1 fully saturated rings. The number of piperidine rings is 1. The van der Waals surface area contributed by atoms with Gasteiger partial charge in [0.25, 0.3) is 10.0 Å². The molecule has 21 heavy (non-hydrogen) atoms. The topological polar surface area (TPSA) is 99.6 Å². The Morgan fingerprint density at radius 2 is 2.29 bits per heavy atom. The monoisotopic (exact) mass is 313 g/mol. The maximum absolute atomic E-state index is 12.1. The number of rotatable bonds is 5. The summed E-state index contributed by atoms with van der Waals surface area (Å²) in [5, 5.41) is 8.61. The third-order valence-corrected chi connectivity index (χ3v) is 4.88. The van der Waals surface area contributed by atoms with Crippen molar-refractivity contribution in [1.29, 1.82) is 0 Å². The number of pyridine rings is 1. The Hall–Kier alpha value is -1.51. The normalized spacial score (nSPS) is 20.3. The summed E-state index contributed by atoms with van der Waals surface area (Å²) in [6.07, 6.45) is 3.11. The van der Waals surface area contributed by atoms with Gasteiger partial charge in [0.15, 0.2) is 5.03 Å². The molecule has 1 atom stereocenters. The second-order valence-electron chi connectivity index (χ2n) is 5.31. The predicted octanol–water partition coefficient (Wildman–Crippen LogP) is 0.400. The van der Waals surface area contributed by atoms with Gasteiger partial charge in [0.05, 0.1) is 5.56 Å². The summed E-state index contributed by atoms with van der Waals surface area (Å²) in [5.74, 6) is -0.846. The maximum atomic E-state index is 12.1. The molecule has 1 unspecified atom stereocenters. The van der Waals surface area contributed by atoms with E-state index < -0.39 is 16.0 Å². The molecule has 7 nitrogen and oxygen atoms in total. The van der Waals surface area contributed by atoms with E-state index in [1.54, 1.807) is 0 Å². The van der Waals surface area contributed by atoms with Crippen molar-refractivity contribution >= 4 is 16.0 Å². The van der Waals surface area contributed by atoms with Gasteiger partial charge in [0.2, 0.25) is 0 Å². The molecule has 1 saturated heterocycles. The first-order valence-corrected chi connectivity index (χ1v) is 8.24. The third-order valence-electron chi connectivity index (χ3n) is 3.54. The number of carboxylic acid groups (broad SMARTS) is 1. The third kappa shape index (κ3) is 4.23. The Labute approximate surface area is 124 Å². The van der Waals surface area contributed by atoms with Crippen LogP contribution in [0.4, 0.5) is 0 Å². The van der Waals surface area contributed by atoms with Crippen LogP contribution in [0.1, 0.15) is 23.2 Å². The number of hydrogen-bond acceptors (Lipinski definition) is 5. The van der Waals surface area contributed by atoms with Crippen LogP contribution in [0.15, 0.2) is 23.4 Å². The molecule has 2 heterocycles. The fourth-order valence-corrected chi connectivity index (χ4v) is 3.45. The van der Waals surface area contributed by atoms with Crippen LogP contribution in [0.25, 0.3) is 0 Å². The standard InChI is InChI=1S/C13H19N3O4S/c1-16-6-2-3-10(9-16)7-15-21(19,20)12-5-4-11(8-14-12)13(17)18/h4-5,8,10,15H,2-3,6-7,9H2,1H3,(H,17,18). The first-order valence-electron chi connectivity index (χ1n) is 6.76. The van der Waals surface area contributed by atoms with Crippen LogP contribution < -0.4 is 4.72 Å². The molecule has 8 heteroatoms. The van der Waals surface area contributed by atoms with Crippen LogP contribution in [-0.2, 0) is 10.0 Å². The molecule has 1 aliphatic heterocycles. The van der Waals surface area contributed by atoms with Gasteiger partial charge in [-0.3, -0.25) is 0 Å². The minimum Gasteiger partial charge on any atom is -0.478 e. The summed E-state index contributed by atoms with van der Waals surface area (Å²) >= 11 is 0.